The molecule has 0 heterocycles. The number of hydrogen-bond acceptors (Lipinski definition) is 0. The lowest BCUT2D eigenvalue weighted by molar-refractivity contribution is 0.302. The van der Waals surface area contributed by atoms with Gasteiger partial charge in [-0.25, -0.2) is 8.78 Å². The first-order valence-corrected chi connectivity index (χ1v) is 13.2. The first-order chi connectivity index (χ1) is 15.6. The van der Waals surface area contributed by atoms with Crippen LogP contribution in [0.1, 0.15) is 118 Å². The third kappa shape index (κ3) is 5.43. The fraction of sp³-hybridized carbons (Fsp3) is 0.600. The minimum Gasteiger partial charge on any atom is -0.207 e. The molecular weight excluding hydrogens is 398 g/mol. The van der Waals surface area contributed by atoms with Gasteiger partial charge in [-0.05, 0) is 104 Å². The molecule has 0 radical (unpaired) electrons. The summed E-state index contributed by atoms with van der Waals surface area (Å²) < 4.78 is 30.5. The Hall–Kier alpha value is -1.70. The molecule has 1 saturated carbocycles. The van der Waals surface area contributed by atoms with E-state index in [0.717, 1.165) is 56.4 Å². The molecule has 0 aliphatic heterocycles. The summed E-state index contributed by atoms with van der Waals surface area (Å²) in [5.41, 5.74) is 5.23. The summed E-state index contributed by atoms with van der Waals surface area (Å²) >= 11 is 0. The van der Waals surface area contributed by atoms with Crippen LogP contribution in [0.5, 0.6) is 0 Å². The molecule has 2 heteroatoms. The van der Waals surface area contributed by atoms with Gasteiger partial charge in [0.1, 0.15) is 11.6 Å². The largest absolute Gasteiger partial charge is 0.207 e. The maximum atomic E-state index is 15.2. The molecule has 0 nitrogen and oxygen atoms in total. The van der Waals surface area contributed by atoms with Crippen LogP contribution in [-0.4, -0.2) is 0 Å². The van der Waals surface area contributed by atoms with Crippen molar-refractivity contribution in [2.75, 3.05) is 0 Å². The lowest BCUT2D eigenvalue weighted by atomic mass is 9.75. The van der Waals surface area contributed by atoms with Crippen LogP contribution < -0.4 is 0 Å². The highest BCUT2D eigenvalue weighted by Crippen LogP contribution is 2.41. The van der Waals surface area contributed by atoms with E-state index in [1.807, 2.05) is 0 Å². The van der Waals surface area contributed by atoms with Crippen molar-refractivity contribution in [3.63, 3.8) is 0 Å². The van der Waals surface area contributed by atoms with Crippen LogP contribution in [0.3, 0.4) is 0 Å². The predicted molar refractivity (Wildman–Crippen MR) is 130 cm³/mol. The zero-order valence-corrected chi connectivity index (χ0v) is 20.1. The topological polar surface area (TPSA) is 0 Å². The van der Waals surface area contributed by atoms with Crippen molar-refractivity contribution in [1.29, 1.82) is 0 Å². The molecule has 0 N–H and O–H groups in total. The molecule has 174 valence electrons. The molecule has 1 unspecified atom stereocenters. The molecule has 0 saturated heterocycles. The third-order valence-electron chi connectivity index (χ3n) is 8.08. The zero-order chi connectivity index (χ0) is 22.5. The Bertz CT molecular complexity index is 869. The van der Waals surface area contributed by atoms with Gasteiger partial charge in [-0.1, -0.05) is 64.2 Å². The van der Waals surface area contributed by atoms with Crippen molar-refractivity contribution in [1.82, 2.24) is 0 Å². The number of fused-ring (bicyclic) bond motifs is 1. The van der Waals surface area contributed by atoms with Gasteiger partial charge in [0, 0.05) is 5.56 Å². The lowest BCUT2D eigenvalue weighted by Gasteiger charge is -2.30. The summed E-state index contributed by atoms with van der Waals surface area (Å²) in [4.78, 5) is 0. The van der Waals surface area contributed by atoms with Crippen LogP contribution in [0, 0.1) is 17.6 Å². The second-order valence-electron chi connectivity index (χ2n) is 10.4. The van der Waals surface area contributed by atoms with Crippen LogP contribution >= 0.6 is 0 Å². The summed E-state index contributed by atoms with van der Waals surface area (Å²) in [6.45, 7) is 4.45. The monoisotopic (exact) mass is 438 g/mol. The molecule has 0 spiro atoms. The lowest BCUT2D eigenvalue weighted by Crippen LogP contribution is -2.17. The zero-order valence-electron chi connectivity index (χ0n) is 20.1. The van der Waals surface area contributed by atoms with E-state index in [4.69, 9.17) is 0 Å². The van der Waals surface area contributed by atoms with Crippen molar-refractivity contribution in [3.8, 4) is 0 Å². The molecule has 1 atom stereocenters. The maximum absolute atomic E-state index is 15.2. The summed E-state index contributed by atoms with van der Waals surface area (Å²) in [6, 6.07) is 10.0. The van der Waals surface area contributed by atoms with Gasteiger partial charge in [0.2, 0.25) is 0 Å². The van der Waals surface area contributed by atoms with Crippen molar-refractivity contribution in [3.05, 3.63) is 69.8 Å². The number of aryl methyl sites for hydroxylation is 2. The first kappa shape index (κ1) is 23.5. The van der Waals surface area contributed by atoms with Crippen molar-refractivity contribution in [2.24, 2.45) is 5.92 Å². The van der Waals surface area contributed by atoms with E-state index in [1.54, 1.807) is 12.1 Å². The Balaban J connectivity index is 1.42. The van der Waals surface area contributed by atoms with Gasteiger partial charge in [0.25, 0.3) is 0 Å². The fourth-order valence-electron chi connectivity index (χ4n) is 6.20. The SMILES string of the molecule is CCCCCC1CCC(c2cc(F)c(C3CCc4cc(CCC)ccc4C3)c(F)c2)CC1. The summed E-state index contributed by atoms with van der Waals surface area (Å²) in [6.07, 6.45) is 14.6. The molecule has 32 heavy (non-hydrogen) atoms. The average molecular weight is 439 g/mol. The van der Waals surface area contributed by atoms with Gasteiger partial charge in [0.05, 0.1) is 0 Å². The molecule has 2 aliphatic carbocycles. The Morgan fingerprint density at radius 1 is 0.781 bits per heavy atom. The number of rotatable bonds is 8. The molecule has 1 fully saturated rings. The van der Waals surface area contributed by atoms with Gasteiger partial charge in [0.15, 0.2) is 0 Å². The molecule has 2 aromatic carbocycles. The Labute approximate surface area is 193 Å². The Morgan fingerprint density at radius 3 is 2.22 bits per heavy atom. The average Bonchev–Trinajstić information content (AvgIpc) is 2.79. The Kier molecular flexibility index (Phi) is 8.02. The van der Waals surface area contributed by atoms with E-state index in [1.165, 1.54) is 55.2 Å². The molecule has 0 amide bonds. The van der Waals surface area contributed by atoms with Crippen LogP contribution in [-0.2, 0) is 19.3 Å². The standard InChI is InChI=1S/C30H40F2/c1-3-5-6-8-21-9-12-23(13-10-21)27-19-28(31)30(29(32)20-27)26-16-15-24-17-22(7-4-2)11-14-25(24)18-26/h11,14,17,19-21,23,26H,3-10,12-13,15-16,18H2,1-2H3. The number of unbranched alkanes of at least 4 members (excludes halogenated alkanes) is 2. The van der Waals surface area contributed by atoms with Crippen LogP contribution in [0.25, 0.3) is 0 Å². The van der Waals surface area contributed by atoms with E-state index in [9.17, 15) is 0 Å². The number of halogens is 2. The highest BCUT2D eigenvalue weighted by Gasteiger charge is 2.28. The Morgan fingerprint density at radius 2 is 1.53 bits per heavy atom. The van der Waals surface area contributed by atoms with Gasteiger partial charge in [-0.2, -0.15) is 0 Å². The second-order valence-corrected chi connectivity index (χ2v) is 10.4. The van der Waals surface area contributed by atoms with Crippen LogP contribution in [0.15, 0.2) is 30.3 Å². The van der Waals surface area contributed by atoms with Gasteiger partial charge < -0.3 is 0 Å². The van der Waals surface area contributed by atoms with E-state index in [2.05, 4.69) is 32.0 Å². The molecule has 2 aliphatic rings. The van der Waals surface area contributed by atoms with Gasteiger partial charge >= 0.3 is 0 Å². The molecular formula is C30H40F2. The number of benzene rings is 2. The maximum Gasteiger partial charge on any atom is 0.129 e. The quantitative estimate of drug-likeness (QED) is 0.361. The summed E-state index contributed by atoms with van der Waals surface area (Å²) in [5, 5.41) is 0. The molecule has 0 aromatic heterocycles. The van der Waals surface area contributed by atoms with Crippen molar-refractivity contribution < 1.29 is 8.78 Å². The third-order valence-corrected chi connectivity index (χ3v) is 8.08. The summed E-state index contributed by atoms with van der Waals surface area (Å²) in [5.74, 6) is 0.441. The minimum absolute atomic E-state index is 0.0529. The van der Waals surface area contributed by atoms with Crippen LogP contribution in [0.2, 0.25) is 0 Å². The first-order valence-electron chi connectivity index (χ1n) is 13.2. The molecule has 4 rings (SSSR count). The second kappa shape index (κ2) is 10.9. The number of hydrogen-bond donors (Lipinski definition) is 0. The van der Waals surface area contributed by atoms with E-state index < -0.39 is 0 Å². The van der Waals surface area contributed by atoms with Gasteiger partial charge in [-0.15, -0.1) is 0 Å². The normalized spacial score (nSPS) is 23.2. The van der Waals surface area contributed by atoms with E-state index in [-0.39, 0.29) is 17.6 Å². The highest BCUT2D eigenvalue weighted by molar-refractivity contribution is 5.39. The van der Waals surface area contributed by atoms with E-state index >= 15 is 8.78 Å². The summed E-state index contributed by atoms with van der Waals surface area (Å²) in [7, 11) is 0. The van der Waals surface area contributed by atoms with Gasteiger partial charge in [-0.3, -0.25) is 0 Å². The van der Waals surface area contributed by atoms with E-state index in [0.29, 0.717) is 11.5 Å². The highest BCUT2D eigenvalue weighted by atomic mass is 19.1. The predicted octanol–water partition coefficient (Wildman–Crippen LogP) is 9.04. The minimum atomic E-state index is -0.318. The van der Waals surface area contributed by atoms with Crippen molar-refractivity contribution in [2.45, 2.75) is 109 Å². The van der Waals surface area contributed by atoms with Crippen LogP contribution in [0.4, 0.5) is 8.78 Å². The molecule has 0 bridgehead atoms. The smallest absolute Gasteiger partial charge is 0.129 e. The molecule has 2 aromatic rings. The fourth-order valence-corrected chi connectivity index (χ4v) is 6.20. The van der Waals surface area contributed by atoms with Crippen molar-refractivity contribution >= 4 is 0 Å².